The van der Waals surface area contributed by atoms with Crippen LogP contribution in [0.4, 0.5) is 4.79 Å². The third-order valence-electron chi connectivity index (χ3n) is 4.09. The Hall–Kier alpha value is -1.79. The lowest BCUT2D eigenvalue weighted by Crippen LogP contribution is -2.57. The number of carboxylic acids is 1. The van der Waals surface area contributed by atoms with Crippen LogP contribution >= 0.6 is 0 Å². The fraction of sp³-hybridized carbons (Fsp3) is 0.786. The zero-order valence-electron chi connectivity index (χ0n) is 13.2. The van der Waals surface area contributed by atoms with Crippen molar-refractivity contribution in [3.05, 3.63) is 0 Å². The molecule has 0 aromatic heterocycles. The molecule has 1 rings (SSSR count). The van der Waals surface area contributed by atoms with Crippen LogP contribution in [0.1, 0.15) is 20.8 Å². The lowest BCUT2D eigenvalue weighted by molar-refractivity contribution is -0.144. The molecule has 21 heavy (non-hydrogen) atoms. The van der Waals surface area contributed by atoms with E-state index in [0.29, 0.717) is 26.2 Å². The highest BCUT2D eigenvalue weighted by atomic mass is 16.4. The van der Waals surface area contributed by atoms with Crippen LogP contribution in [-0.4, -0.2) is 77.5 Å². The van der Waals surface area contributed by atoms with E-state index in [2.05, 4.69) is 0 Å². The molecule has 7 nitrogen and oxygen atoms in total. The molecular formula is C14H25N3O4. The molecular weight excluding hydrogens is 274 g/mol. The predicted octanol–water partition coefficient (Wildman–Crippen LogP) is 0.559. The predicted molar refractivity (Wildman–Crippen MR) is 77.8 cm³/mol. The first-order valence-electron chi connectivity index (χ1n) is 7.32. The van der Waals surface area contributed by atoms with Gasteiger partial charge < -0.3 is 19.8 Å². The molecule has 1 aliphatic rings. The number of amides is 3. The summed E-state index contributed by atoms with van der Waals surface area (Å²) in [6, 6.07) is -0.218. The van der Waals surface area contributed by atoms with Crippen LogP contribution in [0.15, 0.2) is 0 Å². The third kappa shape index (κ3) is 4.09. The van der Waals surface area contributed by atoms with Crippen molar-refractivity contribution in [1.29, 1.82) is 0 Å². The van der Waals surface area contributed by atoms with Crippen molar-refractivity contribution in [1.82, 2.24) is 14.7 Å². The van der Waals surface area contributed by atoms with Gasteiger partial charge in [0.05, 0.1) is 5.92 Å². The summed E-state index contributed by atoms with van der Waals surface area (Å²) in [4.78, 5) is 39.6. The van der Waals surface area contributed by atoms with Gasteiger partial charge in [-0.3, -0.25) is 9.59 Å². The monoisotopic (exact) mass is 299 g/mol. The smallest absolute Gasteiger partial charge is 0.320 e. The molecule has 1 aliphatic heterocycles. The summed E-state index contributed by atoms with van der Waals surface area (Å²) < 4.78 is 0. The molecule has 1 N–H and O–H groups in total. The SMILES string of the molecule is CCN(CC)C(=O)CN(C)C(=O)N1CC(C(C)C(=O)O)C1. The van der Waals surface area contributed by atoms with E-state index in [1.807, 2.05) is 13.8 Å². The Balaban J connectivity index is 2.43. The van der Waals surface area contributed by atoms with Crippen molar-refractivity contribution < 1.29 is 19.5 Å². The molecule has 1 atom stereocenters. The van der Waals surface area contributed by atoms with Crippen LogP contribution in [0.2, 0.25) is 0 Å². The van der Waals surface area contributed by atoms with Crippen molar-refractivity contribution in [2.45, 2.75) is 20.8 Å². The fourth-order valence-electron chi connectivity index (χ4n) is 2.37. The van der Waals surface area contributed by atoms with Gasteiger partial charge in [0.15, 0.2) is 0 Å². The summed E-state index contributed by atoms with van der Waals surface area (Å²) in [6.07, 6.45) is 0. The second kappa shape index (κ2) is 7.28. The lowest BCUT2D eigenvalue weighted by Gasteiger charge is -2.42. The number of urea groups is 1. The summed E-state index contributed by atoms with van der Waals surface area (Å²) >= 11 is 0. The maximum atomic E-state index is 12.1. The van der Waals surface area contributed by atoms with E-state index < -0.39 is 11.9 Å². The van der Waals surface area contributed by atoms with Gasteiger partial charge in [0.2, 0.25) is 5.91 Å². The molecule has 0 radical (unpaired) electrons. The van der Waals surface area contributed by atoms with Gasteiger partial charge in [-0.1, -0.05) is 6.92 Å². The van der Waals surface area contributed by atoms with E-state index in [1.165, 1.54) is 4.90 Å². The fourth-order valence-corrected chi connectivity index (χ4v) is 2.37. The van der Waals surface area contributed by atoms with Gasteiger partial charge in [-0.2, -0.15) is 0 Å². The summed E-state index contributed by atoms with van der Waals surface area (Å²) in [5.74, 6) is -1.36. The summed E-state index contributed by atoms with van der Waals surface area (Å²) in [5.41, 5.74) is 0. The van der Waals surface area contributed by atoms with Gasteiger partial charge in [-0.05, 0) is 13.8 Å². The molecule has 0 aliphatic carbocycles. The van der Waals surface area contributed by atoms with Crippen LogP contribution in [0.5, 0.6) is 0 Å². The Morgan fingerprint density at radius 1 is 1.24 bits per heavy atom. The van der Waals surface area contributed by atoms with Crippen LogP contribution < -0.4 is 0 Å². The molecule has 7 heteroatoms. The van der Waals surface area contributed by atoms with Crippen molar-refractivity contribution in [3.8, 4) is 0 Å². The number of likely N-dealkylation sites (N-methyl/N-ethyl adjacent to an activating group) is 2. The number of nitrogens with zero attached hydrogens (tertiary/aromatic N) is 3. The first-order chi connectivity index (χ1) is 9.81. The summed E-state index contributed by atoms with van der Waals surface area (Å²) in [6.45, 7) is 7.64. The molecule has 0 bridgehead atoms. The van der Waals surface area contributed by atoms with E-state index in [0.717, 1.165) is 0 Å². The minimum atomic E-state index is -0.836. The lowest BCUT2D eigenvalue weighted by atomic mass is 9.87. The molecule has 120 valence electrons. The van der Waals surface area contributed by atoms with Crippen LogP contribution in [0, 0.1) is 11.8 Å². The Morgan fingerprint density at radius 3 is 2.19 bits per heavy atom. The second-order valence-electron chi connectivity index (χ2n) is 5.50. The quantitative estimate of drug-likeness (QED) is 0.777. The average Bonchev–Trinajstić information content (AvgIpc) is 2.37. The van der Waals surface area contributed by atoms with E-state index in [9.17, 15) is 14.4 Å². The Labute approximate surface area is 125 Å². The maximum Gasteiger partial charge on any atom is 0.320 e. The normalized spacial score (nSPS) is 16.1. The standard InChI is InChI=1S/C14H25N3O4/c1-5-16(6-2)12(18)9-15(4)14(21)17-7-11(8-17)10(3)13(19)20/h10-11H,5-9H2,1-4H3,(H,19,20). The van der Waals surface area contributed by atoms with Crippen molar-refractivity contribution in [3.63, 3.8) is 0 Å². The zero-order chi connectivity index (χ0) is 16.2. The van der Waals surface area contributed by atoms with E-state index >= 15 is 0 Å². The van der Waals surface area contributed by atoms with Gasteiger partial charge in [-0.25, -0.2) is 4.79 Å². The van der Waals surface area contributed by atoms with Crippen LogP contribution in [0.25, 0.3) is 0 Å². The minimum absolute atomic E-state index is 0.00154. The van der Waals surface area contributed by atoms with Crippen molar-refractivity contribution >= 4 is 17.9 Å². The Morgan fingerprint density at radius 2 is 1.76 bits per heavy atom. The number of rotatable bonds is 6. The van der Waals surface area contributed by atoms with Crippen LogP contribution in [0.3, 0.4) is 0 Å². The molecule has 1 unspecified atom stereocenters. The largest absolute Gasteiger partial charge is 0.481 e. The number of likely N-dealkylation sites (tertiary alicyclic amines) is 1. The molecule has 0 spiro atoms. The molecule has 1 saturated heterocycles. The molecule has 3 amide bonds. The van der Waals surface area contributed by atoms with E-state index in [-0.39, 0.29) is 24.4 Å². The van der Waals surface area contributed by atoms with Gasteiger partial charge in [0.25, 0.3) is 0 Å². The molecule has 0 aromatic rings. The zero-order valence-corrected chi connectivity index (χ0v) is 13.2. The summed E-state index contributed by atoms with van der Waals surface area (Å²) in [7, 11) is 1.59. The molecule has 0 saturated carbocycles. The number of hydrogen-bond acceptors (Lipinski definition) is 3. The third-order valence-corrected chi connectivity index (χ3v) is 4.09. The molecule has 0 aromatic carbocycles. The van der Waals surface area contributed by atoms with Crippen molar-refractivity contribution in [2.24, 2.45) is 11.8 Å². The minimum Gasteiger partial charge on any atom is -0.481 e. The van der Waals surface area contributed by atoms with E-state index in [1.54, 1.807) is 23.8 Å². The molecule has 1 fully saturated rings. The number of carboxylic acid groups (broad SMARTS) is 1. The van der Waals surface area contributed by atoms with Crippen LogP contribution in [-0.2, 0) is 9.59 Å². The van der Waals surface area contributed by atoms with Gasteiger partial charge >= 0.3 is 12.0 Å². The first kappa shape index (κ1) is 17.3. The highest BCUT2D eigenvalue weighted by Gasteiger charge is 2.38. The number of carbonyl (C=O) groups excluding carboxylic acids is 2. The molecule has 1 heterocycles. The number of aliphatic carboxylic acids is 1. The maximum absolute atomic E-state index is 12.1. The van der Waals surface area contributed by atoms with Gasteiger partial charge in [0, 0.05) is 39.1 Å². The average molecular weight is 299 g/mol. The second-order valence-corrected chi connectivity index (χ2v) is 5.50. The Bertz CT molecular complexity index is 403. The Kier molecular flexibility index (Phi) is 5.99. The first-order valence-corrected chi connectivity index (χ1v) is 7.32. The van der Waals surface area contributed by atoms with Gasteiger partial charge in [0.1, 0.15) is 6.54 Å². The highest BCUT2D eigenvalue weighted by molar-refractivity contribution is 5.84. The number of carbonyl (C=O) groups is 3. The topological polar surface area (TPSA) is 81.2 Å². The van der Waals surface area contributed by atoms with Crippen molar-refractivity contribution in [2.75, 3.05) is 39.8 Å². The highest BCUT2D eigenvalue weighted by Crippen LogP contribution is 2.24. The van der Waals surface area contributed by atoms with Gasteiger partial charge in [-0.15, -0.1) is 0 Å². The number of hydrogen-bond donors (Lipinski definition) is 1. The van der Waals surface area contributed by atoms with E-state index in [4.69, 9.17) is 5.11 Å². The summed E-state index contributed by atoms with van der Waals surface area (Å²) in [5, 5.41) is 8.92.